The van der Waals surface area contributed by atoms with Gasteiger partial charge in [0, 0.05) is 10.9 Å². The fraction of sp³-hybridized carbons (Fsp3) is 0.290. The predicted molar refractivity (Wildman–Crippen MR) is 156 cm³/mol. The Kier molecular flexibility index (Phi) is 8.54. The van der Waals surface area contributed by atoms with E-state index in [0.717, 1.165) is 22.6 Å². The molecule has 0 saturated heterocycles. The number of nitrogens with one attached hydrogen (secondary N) is 1. The average molecular weight is 561 g/mol. The van der Waals surface area contributed by atoms with E-state index in [1.165, 1.54) is 0 Å². The van der Waals surface area contributed by atoms with Gasteiger partial charge in [0.25, 0.3) is 5.91 Å². The molecule has 0 atom stereocenters. The number of hydrogen-bond acceptors (Lipinski definition) is 8. The van der Waals surface area contributed by atoms with Crippen molar-refractivity contribution in [2.45, 2.75) is 47.1 Å². The third kappa shape index (κ3) is 6.31. The van der Waals surface area contributed by atoms with Crippen molar-refractivity contribution in [3.8, 4) is 17.0 Å². The Labute approximate surface area is 237 Å². The van der Waals surface area contributed by atoms with E-state index in [1.54, 1.807) is 40.7 Å². The zero-order chi connectivity index (χ0) is 29.0. The topological polar surface area (TPSA) is 104 Å². The van der Waals surface area contributed by atoms with Crippen LogP contribution in [0.3, 0.4) is 0 Å². The van der Waals surface area contributed by atoms with E-state index in [4.69, 9.17) is 19.2 Å². The van der Waals surface area contributed by atoms with Crippen LogP contribution in [0.15, 0.2) is 54.6 Å². The first kappa shape index (κ1) is 28.8. The van der Waals surface area contributed by atoms with Gasteiger partial charge in [0.05, 0.1) is 35.6 Å². The highest BCUT2D eigenvalue weighted by Gasteiger charge is 2.30. The molecule has 0 unspecified atom stereocenters. The van der Waals surface area contributed by atoms with Gasteiger partial charge >= 0.3 is 11.9 Å². The number of para-hydroxylation sites is 1. The van der Waals surface area contributed by atoms with Gasteiger partial charge < -0.3 is 19.5 Å². The number of benzene rings is 2. The van der Waals surface area contributed by atoms with Crippen LogP contribution >= 0.6 is 11.3 Å². The number of ether oxygens (including phenoxy) is 3. The second kappa shape index (κ2) is 11.9. The maximum Gasteiger partial charge on any atom is 0.349 e. The first-order valence-electron chi connectivity index (χ1n) is 13.0. The number of thiophene rings is 1. The van der Waals surface area contributed by atoms with Crippen molar-refractivity contribution in [3.63, 3.8) is 0 Å². The van der Waals surface area contributed by atoms with Crippen LogP contribution in [0.5, 0.6) is 5.75 Å². The fourth-order valence-corrected chi connectivity index (χ4v) is 5.21. The number of carbonyl (C=O) groups excluding carboxylic acids is 3. The molecule has 4 rings (SSSR count). The summed E-state index contributed by atoms with van der Waals surface area (Å²) < 4.78 is 16.3. The van der Waals surface area contributed by atoms with Gasteiger partial charge in [0.2, 0.25) is 0 Å². The Morgan fingerprint density at radius 1 is 0.950 bits per heavy atom. The number of nitrogens with zero attached hydrogens (tertiary/aromatic N) is 1. The molecule has 1 N–H and O–H groups in total. The summed E-state index contributed by atoms with van der Waals surface area (Å²) in [5.74, 6) is -0.914. The molecule has 4 aromatic rings. The van der Waals surface area contributed by atoms with E-state index in [9.17, 15) is 14.4 Å². The average Bonchev–Trinajstić information content (AvgIpc) is 3.23. The van der Waals surface area contributed by atoms with Crippen molar-refractivity contribution in [2.24, 2.45) is 0 Å². The number of anilines is 1. The molecule has 9 heteroatoms. The minimum absolute atomic E-state index is 0.131. The molecule has 208 valence electrons. The molecule has 0 aliphatic rings. The highest BCUT2D eigenvalue weighted by atomic mass is 32.1. The summed E-state index contributed by atoms with van der Waals surface area (Å²) in [6.45, 7) is 11.2. The van der Waals surface area contributed by atoms with Gasteiger partial charge in [-0.3, -0.25) is 4.79 Å². The molecule has 8 nitrogen and oxygen atoms in total. The van der Waals surface area contributed by atoms with Crippen molar-refractivity contribution in [1.82, 2.24) is 4.98 Å². The first-order valence-corrected chi connectivity index (χ1v) is 13.8. The standard InChI is InChI=1S/C31H32N2O6S/c1-7-37-20-15-13-19(14-16-20)24-17-22(21-11-9-10-12-23(21)32-24)27(34)33-28-25(29(35)38-8-2)18(3)26(40-28)30(36)39-31(4,5)6/h9-17H,7-8H2,1-6H3,(H,33,34). The van der Waals surface area contributed by atoms with Crippen LogP contribution in [0, 0.1) is 6.92 Å². The molecule has 0 aliphatic carbocycles. The molecule has 0 saturated carbocycles. The van der Waals surface area contributed by atoms with Crippen LogP contribution in [0.25, 0.3) is 22.2 Å². The summed E-state index contributed by atoms with van der Waals surface area (Å²) >= 11 is 0.987. The van der Waals surface area contributed by atoms with E-state index in [0.29, 0.717) is 34.3 Å². The van der Waals surface area contributed by atoms with Crippen LogP contribution in [-0.4, -0.2) is 41.6 Å². The molecule has 2 aromatic carbocycles. The van der Waals surface area contributed by atoms with Gasteiger partial charge in [-0.05, 0) is 83.5 Å². The van der Waals surface area contributed by atoms with Crippen molar-refractivity contribution in [1.29, 1.82) is 0 Å². The van der Waals surface area contributed by atoms with Crippen molar-refractivity contribution < 1.29 is 28.6 Å². The van der Waals surface area contributed by atoms with E-state index in [1.807, 2.05) is 55.5 Å². The Morgan fingerprint density at radius 2 is 1.65 bits per heavy atom. The largest absolute Gasteiger partial charge is 0.494 e. The molecule has 0 spiro atoms. The second-order valence-electron chi connectivity index (χ2n) is 9.97. The van der Waals surface area contributed by atoms with Gasteiger partial charge in [-0.2, -0.15) is 0 Å². The Bertz CT molecular complexity index is 1570. The first-order chi connectivity index (χ1) is 19.0. The number of rotatable bonds is 8. The lowest BCUT2D eigenvalue weighted by Gasteiger charge is -2.19. The molecule has 40 heavy (non-hydrogen) atoms. The van der Waals surface area contributed by atoms with Crippen molar-refractivity contribution in [3.05, 3.63) is 76.2 Å². The Hall–Kier alpha value is -4.24. The maximum atomic E-state index is 13.8. The van der Waals surface area contributed by atoms with E-state index in [-0.39, 0.29) is 22.0 Å². The number of fused-ring (bicyclic) bond motifs is 1. The summed E-state index contributed by atoms with van der Waals surface area (Å²) in [7, 11) is 0. The summed E-state index contributed by atoms with van der Waals surface area (Å²) in [5.41, 5.74) is 2.22. The number of aromatic nitrogens is 1. The molecular formula is C31H32N2O6S. The summed E-state index contributed by atoms with van der Waals surface area (Å²) in [6.07, 6.45) is 0. The van der Waals surface area contributed by atoms with Crippen LogP contribution in [-0.2, 0) is 9.47 Å². The number of carbonyl (C=O) groups is 3. The third-order valence-electron chi connectivity index (χ3n) is 5.86. The lowest BCUT2D eigenvalue weighted by molar-refractivity contribution is 0.00743. The van der Waals surface area contributed by atoms with Crippen LogP contribution in [0.2, 0.25) is 0 Å². The SMILES string of the molecule is CCOC(=O)c1c(NC(=O)c2cc(-c3ccc(OCC)cc3)nc3ccccc23)sc(C(=O)OC(C)(C)C)c1C. The summed E-state index contributed by atoms with van der Waals surface area (Å²) in [4.78, 5) is 44.6. The zero-order valence-electron chi connectivity index (χ0n) is 23.4. The van der Waals surface area contributed by atoms with Gasteiger partial charge in [-0.15, -0.1) is 11.3 Å². The van der Waals surface area contributed by atoms with Gasteiger partial charge in [0.15, 0.2) is 0 Å². The minimum Gasteiger partial charge on any atom is -0.494 e. The van der Waals surface area contributed by atoms with E-state index < -0.39 is 23.4 Å². The van der Waals surface area contributed by atoms with Crippen LogP contribution in [0.4, 0.5) is 5.00 Å². The van der Waals surface area contributed by atoms with Crippen LogP contribution < -0.4 is 10.1 Å². The molecular weight excluding hydrogens is 528 g/mol. The normalized spacial score (nSPS) is 11.2. The summed E-state index contributed by atoms with van der Waals surface area (Å²) in [5, 5.41) is 3.72. The molecule has 0 aliphatic heterocycles. The summed E-state index contributed by atoms with van der Waals surface area (Å²) in [6, 6.07) is 16.5. The van der Waals surface area contributed by atoms with Gasteiger partial charge in [-0.1, -0.05) is 18.2 Å². The lowest BCUT2D eigenvalue weighted by atomic mass is 10.0. The van der Waals surface area contributed by atoms with Crippen LogP contribution in [0.1, 0.15) is 70.6 Å². The minimum atomic E-state index is -0.728. The Balaban J connectivity index is 1.77. The lowest BCUT2D eigenvalue weighted by Crippen LogP contribution is -2.23. The molecule has 2 heterocycles. The molecule has 0 radical (unpaired) electrons. The van der Waals surface area contributed by atoms with Gasteiger partial charge in [-0.25, -0.2) is 14.6 Å². The zero-order valence-corrected chi connectivity index (χ0v) is 24.2. The van der Waals surface area contributed by atoms with Crippen molar-refractivity contribution >= 4 is 45.1 Å². The molecule has 0 fully saturated rings. The highest BCUT2D eigenvalue weighted by Crippen LogP contribution is 2.36. The fourth-order valence-electron chi connectivity index (χ4n) is 4.14. The maximum absolute atomic E-state index is 13.8. The van der Waals surface area contributed by atoms with Gasteiger partial charge in [0.1, 0.15) is 21.2 Å². The number of pyridine rings is 1. The van der Waals surface area contributed by atoms with Crippen molar-refractivity contribution in [2.75, 3.05) is 18.5 Å². The third-order valence-corrected chi connectivity index (χ3v) is 7.05. The molecule has 2 aromatic heterocycles. The Morgan fingerprint density at radius 3 is 2.30 bits per heavy atom. The highest BCUT2D eigenvalue weighted by molar-refractivity contribution is 7.18. The second-order valence-corrected chi connectivity index (χ2v) is 11.0. The molecule has 0 bridgehead atoms. The monoisotopic (exact) mass is 560 g/mol. The number of esters is 2. The predicted octanol–water partition coefficient (Wildman–Crippen LogP) is 7.05. The number of amides is 1. The number of hydrogen-bond donors (Lipinski definition) is 1. The smallest absolute Gasteiger partial charge is 0.349 e. The quantitative estimate of drug-likeness (QED) is 0.230. The molecule has 1 amide bonds. The van der Waals surface area contributed by atoms with E-state index in [2.05, 4.69) is 5.32 Å². The van der Waals surface area contributed by atoms with E-state index >= 15 is 0 Å².